The summed E-state index contributed by atoms with van der Waals surface area (Å²) < 4.78 is 3.99. The van der Waals surface area contributed by atoms with E-state index in [0.717, 1.165) is 6.42 Å². The predicted molar refractivity (Wildman–Crippen MR) is 194 cm³/mol. The Bertz CT molecular complexity index is 1500. The second kappa shape index (κ2) is 17.3. The van der Waals surface area contributed by atoms with Gasteiger partial charge in [-0.3, -0.25) is 0 Å². The van der Waals surface area contributed by atoms with E-state index in [0.29, 0.717) is 0 Å². The van der Waals surface area contributed by atoms with Crippen LogP contribution in [0.25, 0.3) is 11.1 Å². The molecule has 5 aromatic carbocycles. The van der Waals surface area contributed by atoms with Crippen molar-refractivity contribution in [3.05, 3.63) is 156 Å². The van der Waals surface area contributed by atoms with Gasteiger partial charge in [0.25, 0.3) is 0 Å². The monoisotopic (exact) mass is 920 g/mol. The van der Waals surface area contributed by atoms with Crippen LogP contribution in [0.1, 0.15) is 74.9 Å². The molecule has 0 fully saturated rings. The van der Waals surface area contributed by atoms with Crippen molar-refractivity contribution in [1.82, 2.24) is 0 Å². The fraction of sp³-hybridized carbons (Fsp3) is 0.231. The third kappa shape index (κ3) is 10.8. The van der Waals surface area contributed by atoms with Gasteiger partial charge in [-0.1, -0.05) is 65.3 Å². The van der Waals surface area contributed by atoms with Crippen molar-refractivity contribution in [2.24, 2.45) is 0 Å². The van der Waals surface area contributed by atoms with Gasteiger partial charge in [0.05, 0.1) is 0 Å². The molecule has 228 valence electrons. The minimum absolute atomic E-state index is 0. The number of hydrogen-bond acceptors (Lipinski definition) is 0. The molecule has 0 bridgehead atoms. The maximum atomic E-state index is 3.67. The summed E-state index contributed by atoms with van der Waals surface area (Å²) in [7, 11) is 0. The zero-order chi connectivity index (χ0) is 30.5. The van der Waals surface area contributed by atoms with Crippen molar-refractivity contribution in [3.8, 4) is 11.1 Å². The molecule has 0 saturated heterocycles. The fourth-order valence-electron chi connectivity index (χ4n) is 4.75. The molecule has 0 nitrogen and oxygen atoms in total. The first-order chi connectivity index (χ1) is 19.8. The molecular formula is C39H38Cl2I2Zr-2. The Morgan fingerprint density at radius 1 is 0.682 bits per heavy atom. The molecule has 1 aliphatic rings. The molecule has 0 heterocycles. The van der Waals surface area contributed by atoms with Gasteiger partial charge in [0.1, 0.15) is 0 Å². The van der Waals surface area contributed by atoms with Crippen molar-refractivity contribution in [2.75, 3.05) is 0 Å². The van der Waals surface area contributed by atoms with Crippen molar-refractivity contribution in [2.45, 2.75) is 58.8 Å². The molecule has 5 heteroatoms. The Hall–Kier alpha value is -0.977. The number of benzene rings is 4. The first-order valence-corrected chi connectivity index (χ1v) is 17.7. The van der Waals surface area contributed by atoms with E-state index in [1.54, 1.807) is 0 Å². The first-order valence-electron chi connectivity index (χ1n) is 14.3. The summed E-state index contributed by atoms with van der Waals surface area (Å²) in [5.74, 6) is 0. The van der Waals surface area contributed by atoms with E-state index < -0.39 is 0 Å². The van der Waals surface area contributed by atoms with E-state index in [1.807, 2.05) is 30.3 Å². The van der Waals surface area contributed by atoms with E-state index in [2.05, 4.69) is 172 Å². The van der Waals surface area contributed by atoms with Crippen LogP contribution in [0, 0.1) is 13.2 Å². The Morgan fingerprint density at radius 3 is 1.61 bits per heavy atom. The Morgan fingerprint density at radius 2 is 1.18 bits per heavy atom. The predicted octanol–water partition coefficient (Wildman–Crippen LogP) is 5.08. The molecule has 0 unspecified atom stereocenters. The SMILES string of the molecule is CC(C)(C)c1[c-]c2c(cc1)-c1ccc(C(C)(C)C)cc1C2.[Cl-].[Cl-].[Zr+2]=[C](c1ccc(I)cc1)c1ccc(I)cc1.c1cc[cH-]c1. The standard InChI is InChI=1S/C21H25.C13H8I2.C5H5.2ClH.Zr/c1-20(2,3)16-7-9-18-14(12-16)11-15-13-17(21(4,5)6)8-10-19(15)18;14-12-5-1-10(2-6-12)9-11-3-7-13(15)8-4-11;1-2-4-5-3-1;;;/h7-10,12H,11H2,1-6H3;1-8H;1-5H;2*1H;/q-1;;-1;;;+2/p-2. The van der Waals surface area contributed by atoms with Crippen LogP contribution in [0.4, 0.5) is 0 Å². The molecule has 0 spiro atoms. The topological polar surface area (TPSA) is 0 Å². The molecule has 0 atom stereocenters. The molecule has 1 aliphatic carbocycles. The van der Waals surface area contributed by atoms with Gasteiger partial charge in [-0.05, 0) is 28.4 Å². The van der Waals surface area contributed by atoms with Crippen LogP contribution in [0.5, 0.6) is 0 Å². The summed E-state index contributed by atoms with van der Waals surface area (Å²) in [4.78, 5) is 0. The summed E-state index contributed by atoms with van der Waals surface area (Å²) in [5, 5.41) is 0. The van der Waals surface area contributed by atoms with Gasteiger partial charge in [-0.25, -0.2) is 12.1 Å². The molecular weight excluding hydrogens is 884 g/mol. The van der Waals surface area contributed by atoms with Crippen LogP contribution in [0.3, 0.4) is 0 Å². The molecule has 0 N–H and O–H groups in total. The minimum atomic E-state index is 0. The van der Waals surface area contributed by atoms with Crippen LogP contribution in [0.2, 0.25) is 0 Å². The maximum Gasteiger partial charge on any atom is -0.172 e. The minimum Gasteiger partial charge on any atom is -0.214 e. The summed E-state index contributed by atoms with van der Waals surface area (Å²) in [6, 6.07) is 42.6. The fourth-order valence-corrected chi connectivity index (χ4v) is 6.29. The average Bonchev–Trinajstić information content (AvgIpc) is 3.64. The quantitative estimate of drug-likeness (QED) is 0.168. The van der Waals surface area contributed by atoms with Crippen LogP contribution < -0.4 is 24.8 Å². The molecule has 0 aliphatic heterocycles. The summed E-state index contributed by atoms with van der Waals surface area (Å²) in [5.41, 5.74) is 11.4. The second-order valence-corrected chi connectivity index (χ2v) is 16.4. The number of halogens is 4. The molecule has 0 radical (unpaired) electrons. The van der Waals surface area contributed by atoms with Gasteiger partial charge in [0.15, 0.2) is 0 Å². The van der Waals surface area contributed by atoms with E-state index >= 15 is 0 Å². The summed E-state index contributed by atoms with van der Waals surface area (Å²) in [6.45, 7) is 13.6. The Kier molecular flexibility index (Phi) is 15.4. The zero-order valence-electron chi connectivity index (χ0n) is 26.1. The molecule has 0 amide bonds. The number of fused-ring (bicyclic) bond motifs is 3. The van der Waals surface area contributed by atoms with Gasteiger partial charge in [-0.15, -0.1) is 11.1 Å². The van der Waals surface area contributed by atoms with Crippen molar-refractivity contribution < 1.29 is 49.0 Å². The van der Waals surface area contributed by atoms with Crippen LogP contribution in [-0.2, 0) is 41.5 Å². The number of rotatable bonds is 2. The van der Waals surface area contributed by atoms with Crippen LogP contribution in [0.15, 0.2) is 109 Å². The molecule has 44 heavy (non-hydrogen) atoms. The Balaban J connectivity index is 0.000000260. The van der Waals surface area contributed by atoms with E-state index in [-0.39, 0.29) is 35.6 Å². The normalized spacial score (nSPS) is 11.3. The van der Waals surface area contributed by atoms with Gasteiger partial charge < -0.3 is 24.8 Å². The second-order valence-electron chi connectivity index (χ2n) is 12.7. The number of hydrogen-bond donors (Lipinski definition) is 0. The summed E-state index contributed by atoms with van der Waals surface area (Å²) in [6.07, 6.45) is 1.03. The van der Waals surface area contributed by atoms with E-state index in [9.17, 15) is 0 Å². The Labute approximate surface area is 319 Å². The van der Waals surface area contributed by atoms with Crippen LogP contribution >= 0.6 is 45.2 Å². The first kappa shape index (κ1) is 39.2. The van der Waals surface area contributed by atoms with Gasteiger partial charge in [-0.2, -0.15) is 42.0 Å². The van der Waals surface area contributed by atoms with Gasteiger partial charge in [0, 0.05) is 0 Å². The molecule has 5 aromatic rings. The van der Waals surface area contributed by atoms with Crippen molar-refractivity contribution >= 4 is 48.4 Å². The molecule has 6 rings (SSSR count). The van der Waals surface area contributed by atoms with Crippen molar-refractivity contribution in [1.29, 1.82) is 0 Å². The van der Waals surface area contributed by atoms with E-state index in [4.69, 9.17) is 0 Å². The molecule has 0 aromatic heterocycles. The molecule has 0 saturated carbocycles. The third-order valence-electron chi connectivity index (χ3n) is 7.29. The zero-order valence-corrected chi connectivity index (χ0v) is 34.4. The van der Waals surface area contributed by atoms with Crippen molar-refractivity contribution in [3.63, 3.8) is 0 Å². The maximum absolute atomic E-state index is 3.67. The average molecular weight is 923 g/mol. The third-order valence-corrected chi connectivity index (χ3v) is 10.1. The smallest absolute Gasteiger partial charge is 0.172 e. The largest absolute Gasteiger partial charge is 0.214 e. The van der Waals surface area contributed by atoms with Crippen LogP contribution in [-0.4, -0.2) is 3.21 Å². The van der Waals surface area contributed by atoms with Gasteiger partial charge >= 0.3 is 139 Å². The van der Waals surface area contributed by atoms with E-state index in [1.165, 1.54) is 79.1 Å². The summed E-state index contributed by atoms with van der Waals surface area (Å²) >= 11 is 6.13. The van der Waals surface area contributed by atoms with Gasteiger partial charge in [0.2, 0.25) is 0 Å².